The number of hydrogen-bond acceptors (Lipinski definition) is 9. The van der Waals surface area contributed by atoms with Crippen LogP contribution in [0.5, 0.6) is 11.5 Å². The van der Waals surface area contributed by atoms with Crippen LogP contribution in [0.25, 0.3) is 31.9 Å². The van der Waals surface area contributed by atoms with E-state index in [1.807, 2.05) is 48.5 Å². The number of carbonyl (C=O) groups excluding carboxylic acids is 2. The lowest BCUT2D eigenvalue weighted by Gasteiger charge is -2.34. The molecule has 0 unspecified atom stereocenters. The van der Waals surface area contributed by atoms with Gasteiger partial charge in [-0.3, -0.25) is 0 Å². The normalized spacial score (nSPS) is 12.2. The molecule has 8 rings (SSSR count). The third kappa shape index (κ3) is 8.39. The molecule has 0 aliphatic heterocycles. The van der Waals surface area contributed by atoms with Gasteiger partial charge in [-0.15, -0.1) is 11.3 Å². The van der Waals surface area contributed by atoms with Crippen molar-refractivity contribution in [2.45, 2.75) is 26.2 Å². The Labute approximate surface area is 370 Å². The molecule has 0 radical (unpaired) electrons. The number of thiazole rings is 1. The fraction of sp³-hybridized carbons (Fsp3) is 0.154. The maximum atomic E-state index is 11.3. The molecule has 0 saturated carbocycles. The van der Waals surface area contributed by atoms with E-state index in [1.54, 1.807) is 11.3 Å². The van der Waals surface area contributed by atoms with Gasteiger partial charge in [0.15, 0.2) is 0 Å². The summed E-state index contributed by atoms with van der Waals surface area (Å²) in [6, 6.07) is 42.3. The third-order valence-electron chi connectivity index (χ3n) is 10.9. The Hall–Kier alpha value is -6.88. The first-order chi connectivity index (χ1) is 30.1. The van der Waals surface area contributed by atoms with Gasteiger partial charge in [0.1, 0.15) is 47.9 Å². The van der Waals surface area contributed by atoms with E-state index in [0.29, 0.717) is 16.5 Å². The Morgan fingerprint density at radius 1 is 0.677 bits per heavy atom. The number of nitrogens with zero attached hydrogens (tertiary/aromatic N) is 1. The second-order valence-electron chi connectivity index (χ2n) is 15.0. The predicted octanol–water partition coefficient (Wildman–Crippen LogP) is 11.3. The number of carbonyl (C=O) groups is 2. The first kappa shape index (κ1) is 41.8. The summed E-state index contributed by atoms with van der Waals surface area (Å²) in [5.74, 6) is 0.373. The van der Waals surface area contributed by atoms with Crippen molar-refractivity contribution >= 4 is 56.4 Å². The number of thiocarbonyl (C=S) groups is 1. The zero-order valence-corrected chi connectivity index (χ0v) is 36.3. The van der Waals surface area contributed by atoms with E-state index in [4.69, 9.17) is 36.1 Å². The Morgan fingerprint density at radius 3 is 1.79 bits per heavy atom. The number of aryl methyl sites for hydroxylation is 3. The van der Waals surface area contributed by atoms with E-state index in [1.165, 1.54) is 33.4 Å². The fourth-order valence-corrected chi connectivity index (χ4v) is 9.23. The lowest BCUT2D eigenvalue weighted by atomic mass is 9.67. The maximum absolute atomic E-state index is 11.3. The summed E-state index contributed by atoms with van der Waals surface area (Å²) in [5.41, 5.74) is 13.8. The summed E-state index contributed by atoms with van der Waals surface area (Å²) in [5, 5.41) is 4.41. The summed E-state index contributed by atoms with van der Waals surface area (Å²) in [4.78, 5) is 28.3. The topological polar surface area (TPSA) is 96.0 Å². The first-order valence-electron chi connectivity index (χ1n) is 20.2. The third-order valence-corrected chi connectivity index (χ3v) is 12.3. The van der Waals surface area contributed by atoms with Crippen molar-refractivity contribution < 1.29 is 28.5 Å². The largest absolute Gasteiger partial charge is 0.490 e. The summed E-state index contributed by atoms with van der Waals surface area (Å²) >= 11 is 7.56. The van der Waals surface area contributed by atoms with Crippen LogP contribution < -0.4 is 14.8 Å². The van der Waals surface area contributed by atoms with Gasteiger partial charge in [0.25, 0.3) is 0 Å². The van der Waals surface area contributed by atoms with Gasteiger partial charge < -0.3 is 24.3 Å². The van der Waals surface area contributed by atoms with Crippen molar-refractivity contribution in [3.05, 3.63) is 191 Å². The van der Waals surface area contributed by atoms with Crippen LogP contribution in [0, 0.1) is 20.8 Å². The number of nitrogens with one attached hydrogen (secondary N) is 1. The van der Waals surface area contributed by atoms with E-state index in [0.717, 1.165) is 60.9 Å². The van der Waals surface area contributed by atoms with Crippen LogP contribution in [0.3, 0.4) is 0 Å². The molecule has 1 N–H and O–H groups in total. The fourth-order valence-electron chi connectivity index (χ4n) is 7.97. The monoisotopic (exact) mass is 856 g/mol. The molecule has 1 aliphatic carbocycles. The predicted molar refractivity (Wildman–Crippen MR) is 252 cm³/mol. The van der Waals surface area contributed by atoms with E-state index >= 15 is 0 Å². The Morgan fingerprint density at radius 2 is 1.23 bits per heavy atom. The molecule has 6 aromatic carbocycles. The maximum Gasteiger partial charge on any atom is 0.330 e. The van der Waals surface area contributed by atoms with Crippen molar-refractivity contribution in [3.8, 4) is 33.2 Å². The Balaban J connectivity index is 1.12. The lowest BCUT2D eigenvalue weighted by Crippen LogP contribution is -2.29. The highest BCUT2D eigenvalue weighted by Gasteiger charge is 2.46. The molecule has 0 bridgehead atoms. The molecule has 1 aliphatic rings. The van der Waals surface area contributed by atoms with Crippen molar-refractivity contribution in [1.29, 1.82) is 0 Å². The van der Waals surface area contributed by atoms with E-state index in [2.05, 4.69) is 112 Å². The van der Waals surface area contributed by atoms with Crippen molar-refractivity contribution in [3.63, 3.8) is 0 Å². The zero-order chi connectivity index (χ0) is 43.4. The number of fused-ring (bicyclic) bond motifs is 4. The Kier molecular flexibility index (Phi) is 12.1. The number of rotatable bonds is 15. The highest BCUT2D eigenvalue weighted by molar-refractivity contribution is 7.81. The molecule has 0 saturated heterocycles. The minimum absolute atomic E-state index is 0.133. The molecule has 310 valence electrons. The molecule has 7 aromatic rings. The van der Waals surface area contributed by atoms with Crippen LogP contribution in [0.15, 0.2) is 147 Å². The average molecular weight is 857 g/mol. The Bertz CT molecular complexity index is 2810. The van der Waals surface area contributed by atoms with Crippen LogP contribution in [0.4, 0.5) is 5.69 Å². The lowest BCUT2D eigenvalue weighted by molar-refractivity contribution is -0.139. The van der Waals surface area contributed by atoms with Crippen LogP contribution in [-0.4, -0.2) is 48.3 Å². The highest BCUT2D eigenvalue weighted by Crippen LogP contribution is 2.57. The number of anilines is 1. The molecule has 1 heterocycles. The minimum Gasteiger partial charge on any atom is -0.490 e. The van der Waals surface area contributed by atoms with Gasteiger partial charge in [0, 0.05) is 29.0 Å². The van der Waals surface area contributed by atoms with Gasteiger partial charge >= 0.3 is 11.9 Å². The molecule has 8 nitrogen and oxygen atoms in total. The standard InChI is InChI=1S/C52H44N2O6S2/c1-6-48(55)59-26-24-57-39-16-10-35(11-17-39)50(61)53-45-22-14-37(30-34(45)5)52(43-28-32(3)8-20-41(43)42-21-9-33(4)29-44(42)52)38-15-23-46-47(31-38)62-51(54-46)36-12-18-40(19-13-36)58-25-27-60-49(56)7-2/h6-23,28-31H,1-2,24-27H2,3-5H3,(H,53,61). The molecule has 0 atom stereocenters. The number of ether oxygens (including phenoxy) is 4. The average Bonchev–Trinajstić information content (AvgIpc) is 3.84. The number of esters is 2. The molecular weight excluding hydrogens is 813 g/mol. The molecule has 0 amide bonds. The first-order valence-corrected chi connectivity index (χ1v) is 21.4. The van der Waals surface area contributed by atoms with Gasteiger partial charge in [-0.05, 0) is 126 Å². The number of aromatic nitrogens is 1. The van der Waals surface area contributed by atoms with Gasteiger partial charge in [0.2, 0.25) is 0 Å². The summed E-state index contributed by atoms with van der Waals surface area (Å²) in [7, 11) is 0. The SMILES string of the molecule is C=CC(=O)OCCOc1ccc(C(=S)Nc2ccc(C3(c4ccc5nc(-c6ccc(OCCOC(=O)C=C)cc6)sc5c4)c4cc(C)ccc4-c4ccc(C)cc43)cc2C)cc1. The van der Waals surface area contributed by atoms with Crippen molar-refractivity contribution in [1.82, 2.24) is 4.98 Å². The number of benzene rings is 6. The van der Waals surface area contributed by atoms with Crippen LogP contribution >= 0.6 is 23.6 Å². The van der Waals surface area contributed by atoms with E-state index < -0.39 is 17.4 Å². The molecule has 10 heteroatoms. The zero-order valence-electron chi connectivity index (χ0n) is 34.7. The van der Waals surface area contributed by atoms with Gasteiger partial charge in [-0.1, -0.05) is 91.1 Å². The van der Waals surface area contributed by atoms with E-state index in [-0.39, 0.29) is 26.4 Å². The smallest absolute Gasteiger partial charge is 0.330 e. The quantitative estimate of drug-likeness (QED) is 0.0468. The van der Waals surface area contributed by atoms with Crippen LogP contribution in [-0.2, 0) is 24.5 Å². The summed E-state index contributed by atoms with van der Waals surface area (Å²) < 4.78 is 22.6. The molecule has 1 aromatic heterocycles. The van der Waals surface area contributed by atoms with Crippen LogP contribution in [0.2, 0.25) is 0 Å². The van der Waals surface area contributed by atoms with Crippen molar-refractivity contribution in [2.24, 2.45) is 0 Å². The summed E-state index contributed by atoms with van der Waals surface area (Å²) in [6.07, 6.45) is 2.26. The summed E-state index contributed by atoms with van der Waals surface area (Å²) in [6.45, 7) is 14.0. The van der Waals surface area contributed by atoms with E-state index in [9.17, 15) is 9.59 Å². The van der Waals surface area contributed by atoms with Gasteiger partial charge in [-0.2, -0.15) is 0 Å². The minimum atomic E-state index is -0.621. The second-order valence-corrected chi connectivity index (χ2v) is 16.5. The van der Waals surface area contributed by atoms with Crippen molar-refractivity contribution in [2.75, 3.05) is 31.7 Å². The molecule has 0 fully saturated rings. The highest BCUT2D eigenvalue weighted by atomic mass is 32.1. The molecule has 62 heavy (non-hydrogen) atoms. The number of hydrogen-bond donors (Lipinski definition) is 1. The van der Waals surface area contributed by atoms with Gasteiger partial charge in [0.05, 0.1) is 15.6 Å². The molecular formula is C52H44N2O6S2. The second kappa shape index (κ2) is 18.0. The molecule has 0 spiro atoms. The van der Waals surface area contributed by atoms with Crippen LogP contribution in [0.1, 0.15) is 44.5 Å². The van der Waals surface area contributed by atoms with Gasteiger partial charge in [-0.25, -0.2) is 14.6 Å².